The number of alkyl halides is 1. The Bertz CT molecular complexity index is 1680. The average molecular weight is 636 g/mol. The van der Waals surface area contributed by atoms with E-state index in [-0.39, 0.29) is 37.4 Å². The number of carbonyl (C=O) groups excluding carboxylic acids is 1. The molecule has 0 unspecified atom stereocenters. The molecule has 0 spiro atoms. The predicted molar refractivity (Wildman–Crippen MR) is 159 cm³/mol. The third-order valence-corrected chi connectivity index (χ3v) is 9.56. The van der Waals surface area contributed by atoms with Gasteiger partial charge in [0, 0.05) is 60.4 Å². The molecule has 1 amide bonds. The second-order valence-corrected chi connectivity index (χ2v) is 14.3. The Hall–Kier alpha value is -3.32. The van der Waals surface area contributed by atoms with E-state index < -0.39 is 37.5 Å². The Balaban J connectivity index is 1.50. The van der Waals surface area contributed by atoms with Crippen LogP contribution in [0.1, 0.15) is 25.5 Å². The number of hydrogen-bond donors (Lipinski definition) is 1. The number of ether oxygens (including phenoxy) is 1. The van der Waals surface area contributed by atoms with Gasteiger partial charge in [0.2, 0.25) is 10.0 Å². The summed E-state index contributed by atoms with van der Waals surface area (Å²) in [4.78, 5) is 16.9. The van der Waals surface area contributed by atoms with Gasteiger partial charge in [0.25, 0.3) is 5.91 Å². The van der Waals surface area contributed by atoms with E-state index >= 15 is 4.39 Å². The van der Waals surface area contributed by atoms with Crippen LogP contribution in [0, 0.1) is 0 Å². The van der Waals surface area contributed by atoms with E-state index in [0.717, 1.165) is 21.7 Å². The van der Waals surface area contributed by atoms with Gasteiger partial charge in [-0.15, -0.1) is 0 Å². The van der Waals surface area contributed by atoms with Gasteiger partial charge in [0.1, 0.15) is 12.4 Å². The molecule has 0 bridgehead atoms. The fraction of sp³-hybridized carbons (Fsp3) is 0.310. The normalized spacial score (nSPS) is 16.7. The molecule has 1 atom stereocenters. The first kappa shape index (κ1) is 31.6. The van der Waals surface area contributed by atoms with E-state index in [1.54, 1.807) is 42.6 Å². The van der Waals surface area contributed by atoms with Crippen molar-refractivity contribution < 1.29 is 30.8 Å². The highest BCUT2D eigenvalue weighted by Crippen LogP contribution is 2.36. The van der Waals surface area contributed by atoms with Crippen LogP contribution in [0.15, 0.2) is 83.2 Å². The Labute approximate surface area is 250 Å². The highest BCUT2D eigenvalue weighted by molar-refractivity contribution is 7.93. The highest BCUT2D eigenvalue weighted by Gasteiger charge is 2.44. The minimum absolute atomic E-state index is 0.0101. The van der Waals surface area contributed by atoms with E-state index in [1.807, 2.05) is 12.1 Å². The van der Waals surface area contributed by atoms with Crippen molar-refractivity contribution in [2.45, 2.75) is 43.0 Å². The number of piperidine rings is 1. The third-order valence-electron chi connectivity index (χ3n) is 6.71. The molecular formula is C29H31ClFN3O6S2. The second-order valence-electron chi connectivity index (χ2n) is 10.1. The number of hydrogen-bond acceptors (Lipinski definition) is 7. The van der Waals surface area contributed by atoms with Gasteiger partial charge in [-0.1, -0.05) is 35.9 Å². The Kier molecular flexibility index (Phi) is 9.71. The first-order valence-electron chi connectivity index (χ1n) is 13.1. The fourth-order valence-electron chi connectivity index (χ4n) is 4.44. The molecule has 4 rings (SSSR count). The van der Waals surface area contributed by atoms with Crippen LogP contribution in [0.5, 0.6) is 5.75 Å². The molecule has 2 aromatic carbocycles. The van der Waals surface area contributed by atoms with E-state index in [0.29, 0.717) is 21.9 Å². The number of aromatic nitrogens is 1. The van der Waals surface area contributed by atoms with Gasteiger partial charge >= 0.3 is 0 Å². The summed E-state index contributed by atoms with van der Waals surface area (Å²) in [6.07, 6.45) is 3.20. The zero-order valence-corrected chi connectivity index (χ0v) is 25.4. The van der Waals surface area contributed by atoms with Gasteiger partial charge in [0.05, 0.1) is 10.6 Å². The number of pyridine rings is 1. The summed E-state index contributed by atoms with van der Waals surface area (Å²) in [5.41, 5.74) is -0.660. The average Bonchev–Trinajstić information content (AvgIpc) is 2.95. The largest absolute Gasteiger partial charge is 0.487 e. The molecular weight excluding hydrogens is 605 g/mol. The van der Waals surface area contributed by atoms with Gasteiger partial charge in [-0.2, -0.15) is 4.31 Å². The van der Waals surface area contributed by atoms with Crippen molar-refractivity contribution in [1.29, 1.82) is 0 Å². The number of nitrogens with one attached hydrogen (secondary N) is 1. The van der Waals surface area contributed by atoms with Gasteiger partial charge < -0.3 is 10.1 Å². The highest BCUT2D eigenvalue weighted by atomic mass is 35.5. The lowest BCUT2D eigenvalue weighted by atomic mass is 9.93. The number of sulfone groups is 1. The van der Waals surface area contributed by atoms with E-state index in [1.165, 1.54) is 25.1 Å². The maximum atomic E-state index is 15.6. The first-order valence-corrected chi connectivity index (χ1v) is 16.9. The van der Waals surface area contributed by atoms with Crippen molar-refractivity contribution in [3.8, 4) is 16.9 Å². The van der Waals surface area contributed by atoms with Crippen molar-refractivity contribution in [3.05, 3.63) is 89.1 Å². The molecule has 1 aromatic heterocycles. The summed E-state index contributed by atoms with van der Waals surface area (Å²) in [6.45, 7) is 1.29. The van der Waals surface area contributed by atoms with Crippen LogP contribution in [0.25, 0.3) is 11.1 Å². The molecule has 1 saturated heterocycles. The van der Waals surface area contributed by atoms with E-state index in [4.69, 9.17) is 16.3 Å². The number of benzene rings is 2. The van der Waals surface area contributed by atoms with Crippen LogP contribution >= 0.6 is 11.6 Å². The minimum atomic E-state index is -4.10. The van der Waals surface area contributed by atoms with Crippen molar-refractivity contribution >= 4 is 37.4 Å². The molecule has 3 aromatic rings. The number of nitrogens with zero attached hydrogens (tertiary/aromatic N) is 2. The van der Waals surface area contributed by atoms with Crippen LogP contribution < -0.4 is 10.1 Å². The van der Waals surface area contributed by atoms with Crippen molar-refractivity contribution in [1.82, 2.24) is 14.6 Å². The van der Waals surface area contributed by atoms with Gasteiger partial charge in [-0.05, 0) is 55.0 Å². The molecule has 9 nitrogen and oxygen atoms in total. The van der Waals surface area contributed by atoms with E-state index in [9.17, 15) is 21.6 Å². The molecule has 0 radical (unpaired) electrons. The lowest BCUT2D eigenvalue weighted by Gasteiger charge is -2.35. The van der Waals surface area contributed by atoms with Gasteiger partial charge in [-0.25, -0.2) is 21.2 Å². The first-order chi connectivity index (χ1) is 19.8. The smallest absolute Gasteiger partial charge is 0.258 e. The minimum Gasteiger partial charge on any atom is -0.487 e. The molecule has 1 aliphatic rings. The lowest BCUT2D eigenvalue weighted by Crippen LogP contribution is -2.53. The van der Waals surface area contributed by atoms with Crippen LogP contribution in [-0.4, -0.2) is 63.1 Å². The zero-order valence-electron chi connectivity index (χ0n) is 23.0. The Morgan fingerprint density at radius 1 is 1.12 bits per heavy atom. The summed E-state index contributed by atoms with van der Waals surface area (Å²) in [5, 5.41) is 3.72. The van der Waals surface area contributed by atoms with Crippen LogP contribution in [0.2, 0.25) is 5.02 Å². The SMILES string of the molecule is C[C@@H](/C=C\S(C)(=O)=O)NC(=O)C1(F)CCN(S(=O)(=O)c2ccc(Cl)cc2-c2cccc(OCc3ccccn3)c2)CC1. The molecule has 1 N–H and O–H groups in total. The summed E-state index contributed by atoms with van der Waals surface area (Å²) in [6, 6.07) is 16.1. The van der Waals surface area contributed by atoms with Crippen LogP contribution in [0.3, 0.4) is 0 Å². The monoisotopic (exact) mass is 635 g/mol. The summed E-state index contributed by atoms with van der Waals surface area (Å²) in [5.74, 6) is -0.409. The standard InChI is InChI=1S/C29H31ClFN3O6S2/c1-21(11-17-41(2,36)37)33-28(35)29(31)12-15-34(16-13-29)42(38,39)27-10-9-23(30)19-26(27)22-6-5-8-25(18-22)40-20-24-7-3-4-14-32-24/h3-11,14,17-19,21H,12-13,15-16,20H2,1-2H3,(H,33,35)/b17-11-/t21-/m0/s1. The maximum Gasteiger partial charge on any atom is 0.258 e. The number of rotatable bonds is 10. The molecule has 1 aliphatic heterocycles. The number of sulfonamides is 1. The Morgan fingerprint density at radius 3 is 2.52 bits per heavy atom. The van der Waals surface area contributed by atoms with Gasteiger partial charge in [0.15, 0.2) is 15.5 Å². The molecule has 224 valence electrons. The van der Waals surface area contributed by atoms with Crippen LogP contribution in [-0.2, 0) is 31.3 Å². The maximum absolute atomic E-state index is 15.6. The topological polar surface area (TPSA) is 123 Å². The predicted octanol–water partition coefficient (Wildman–Crippen LogP) is 4.54. The van der Waals surface area contributed by atoms with E-state index in [2.05, 4.69) is 10.3 Å². The summed E-state index contributed by atoms with van der Waals surface area (Å²) >= 11 is 6.26. The Morgan fingerprint density at radius 2 is 1.86 bits per heavy atom. The quantitative estimate of drug-likeness (QED) is 0.347. The second kappa shape index (κ2) is 12.9. The number of carbonyl (C=O) groups is 1. The van der Waals surface area contributed by atoms with Crippen LogP contribution in [0.4, 0.5) is 4.39 Å². The summed E-state index contributed by atoms with van der Waals surface area (Å²) < 4.78 is 72.8. The lowest BCUT2D eigenvalue weighted by molar-refractivity contribution is -0.135. The van der Waals surface area contributed by atoms with Crippen molar-refractivity contribution in [2.75, 3.05) is 19.3 Å². The molecule has 2 heterocycles. The molecule has 13 heteroatoms. The fourth-order valence-corrected chi connectivity index (χ4v) is 6.77. The molecule has 0 aliphatic carbocycles. The molecule has 42 heavy (non-hydrogen) atoms. The van der Waals surface area contributed by atoms with Crippen molar-refractivity contribution in [3.63, 3.8) is 0 Å². The zero-order chi connectivity index (χ0) is 30.5. The molecule has 0 saturated carbocycles. The van der Waals surface area contributed by atoms with Crippen molar-refractivity contribution in [2.24, 2.45) is 0 Å². The third kappa shape index (κ3) is 7.94. The number of halogens is 2. The van der Waals surface area contributed by atoms with Gasteiger partial charge in [-0.3, -0.25) is 9.78 Å². The molecule has 1 fully saturated rings. The summed E-state index contributed by atoms with van der Waals surface area (Å²) in [7, 11) is -7.51. The number of amides is 1.